The van der Waals surface area contributed by atoms with E-state index in [0.29, 0.717) is 18.4 Å². The van der Waals surface area contributed by atoms with Crippen LogP contribution in [0, 0.1) is 12.7 Å². The van der Waals surface area contributed by atoms with E-state index >= 15 is 0 Å². The minimum atomic E-state index is -0.359. The van der Waals surface area contributed by atoms with Crippen molar-refractivity contribution in [3.63, 3.8) is 0 Å². The molecule has 0 aliphatic rings. The van der Waals surface area contributed by atoms with Gasteiger partial charge in [-0.05, 0) is 37.0 Å². The highest BCUT2D eigenvalue weighted by Gasteiger charge is 2.04. The van der Waals surface area contributed by atoms with Crippen molar-refractivity contribution in [2.24, 2.45) is 0 Å². The van der Waals surface area contributed by atoms with Gasteiger partial charge in [-0.15, -0.1) is 0 Å². The first kappa shape index (κ1) is 10.2. The first-order valence-electron chi connectivity index (χ1n) is 4.56. The zero-order valence-corrected chi connectivity index (χ0v) is 8.05. The molecular weight excluding hydrogens is 167 g/mol. The van der Waals surface area contributed by atoms with Crippen LogP contribution in [0.4, 0.5) is 4.39 Å². The van der Waals surface area contributed by atoms with E-state index in [2.05, 4.69) is 0 Å². The third-order valence-corrected chi connectivity index (χ3v) is 2.18. The van der Waals surface area contributed by atoms with Gasteiger partial charge < -0.3 is 5.11 Å². The van der Waals surface area contributed by atoms with E-state index in [0.717, 1.165) is 5.56 Å². The van der Waals surface area contributed by atoms with Crippen molar-refractivity contribution in [1.82, 2.24) is 0 Å². The maximum absolute atomic E-state index is 13.1. The van der Waals surface area contributed by atoms with Crippen molar-refractivity contribution in [3.8, 4) is 0 Å². The van der Waals surface area contributed by atoms with E-state index in [-0.39, 0.29) is 11.9 Å². The minimum absolute atomic E-state index is 0.194. The van der Waals surface area contributed by atoms with Crippen LogP contribution in [0.5, 0.6) is 0 Å². The average Bonchev–Trinajstić information content (AvgIpc) is 2.11. The zero-order valence-electron chi connectivity index (χ0n) is 8.05. The topological polar surface area (TPSA) is 20.2 Å². The Morgan fingerprint density at radius 3 is 2.69 bits per heavy atom. The second-order valence-corrected chi connectivity index (χ2v) is 3.35. The standard InChI is InChI=1S/C11H15FO/c1-3-10(13)6-9-5-4-8(2)11(12)7-9/h4-5,7,10,13H,3,6H2,1-2H3. The Bertz CT molecular complexity index is 283. The molecule has 0 aromatic heterocycles. The summed E-state index contributed by atoms with van der Waals surface area (Å²) in [5.41, 5.74) is 1.51. The van der Waals surface area contributed by atoms with Gasteiger partial charge in [0.15, 0.2) is 0 Å². The smallest absolute Gasteiger partial charge is 0.126 e. The van der Waals surface area contributed by atoms with Crippen LogP contribution in [-0.4, -0.2) is 11.2 Å². The van der Waals surface area contributed by atoms with Crippen LogP contribution >= 0.6 is 0 Å². The van der Waals surface area contributed by atoms with Crippen molar-refractivity contribution in [2.75, 3.05) is 0 Å². The van der Waals surface area contributed by atoms with Crippen molar-refractivity contribution >= 4 is 0 Å². The van der Waals surface area contributed by atoms with Gasteiger partial charge >= 0.3 is 0 Å². The molecule has 0 bridgehead atoms. The van der Waals surface area contributed by atoms with E-state index in [1.165, 1.54) is 6.07 Å². The first-order valence-corrected chi connectivity index (χ1v) is 4.56. The number of aliphatic hydroxyl groups excluding tert-OH is 1. The van der Waals surface area contributed by atoms with Gasteiger partial charge in [0.05, 0.1) is 6.10 Å². The summed E-state index contributed by atoms with van der Waals surface area (Å²) in [7, 11) is 0. The predicted octanol–water partition coefficient (Wildman–Crippen LogP) is 2.45. The Balaban J connectivity index is 2.73. The molecule has 0 heterocycles. The Hall–Kier alpha value is -0.890. The van der Waals surface area contributed by atoms with Crippen LogP contribution < -0.4 is 0 Å². The molecule has 2 heteroatoms. The number of benzene rings is 1. The molecule has 0 saturated heterocycles. The lowest BCUT2D eigenvalue weighted by Crippen LogP contribution is -2.08. The third-order valence-electron chi connectivity index (χ3n) is 2.18. The maximum Gasteiger partial charge on any atom is 0.126 e. The molecule has 72 valence electrons. The molecule has 0 radical (unpaired) electrons. The van der Waals surface area contributed by atoms with Gasteiger partial charge in [0.2, 0.25) is 0 Å². The lowest BCUT2D eigenvalue weighted by atomic mass is 10.0. The largest absolute Gasteiger partial charge is 0.393 e. The van der Waals surface area contributed by atoms with Gasteiger partial charge in [0.25, 0.3) is 0 Å². The molecule has 0 spiro atoms. The molecular formula is C11H15FO. The summed E-state index contributed by atoms with van der Waals surface area (Å²) in [5, 5.41) is 9.35. The summed E-state index contributed by atoms with van der Waals surface area (Å²) in [5.74, 6) is -0.194. The second-order valence-electron chi connectivity index (χ2n) is 3.35. The molecule has 0 amide bonds. The summed E-state index contributed by atoms with van der Waals surface area (Å²) < 4.78 is 13.1. The lowest BCUT2D eigenvalue weighted by Gasteiger charge is -2.07. The molecule has 1 atom stereocenters. The SMILES string of the molecule is CCC(O)Cc1ccc(C)c(F)c1. The summed E-state index contributed by atoms with van der Waals surface area (Å²) in [6.07, 6.45) is 0.880. The fourth-order valence-corrected chi connectivity index (χ4v) is 1.18. The highest BCUT2D eigenvalue weighted by molar-refractivity contribution is 5.23. The molecule has 1 rings (SSSR count). The fraction of sp³-hybridized carbons (Fsp3) is 0.455. The molecule has 0 saturated carbocycles. The van der Waals surface area contributed by atoms with Gasteiger partial charge in [-0.3, -0.25) is 0 Å². The average molecular weight is 182 g/mol. The summed E-state index contributed by atoms with van der Waals surface area (Å²) in [6, 6.07) is 5.10. The molecule has 1 aromatic carbocycles. The van der Waals surface area contributed by atoms with Crippen molar-refractivity contribution in [3.05, 3.63) is 35.1 Å². The molecule has 1 unspecified atom stereocenters. The fourth-order valence-electron chi connectivity index (χ4n) is 1.18. The Morgan fingerprint density at radius 1 is 1.46 bits per heavy atom. The highest BCUT2D eigenvalue weighted by atomic mass is 19.1. The number of hydrogen-bond donors (Lipinski definition) is 1. The van der Waals surface area contributed by atoms with Crippen LogP contribution in [-0.2, 0) is 6.42 Å². The van der Waals surface area contributed by atoms with Crippen LogP contribution in [0.1, 0.15) is 24.5 Å². The van der Waals surface area contributed by atoms with Crippen molar-refractivity contribution in [1.29, 1.82) is 0 Å². The Labute approximate surface area is 78.2 Å². The van der Waals surface area contributed by atoms with E-state index in [1.807, 2.05) is 13.0 Å². The second kappa shape index (κ2) is 4.38. The summed E-state index contributed by atoms with van der Waals surface area (Å²) >= 11 is 0. The number of halogens is 1. The van der Waals surface area contributed by atoms with Crippen molar-refractivity contribution < 1.29 is 9.50 Å². The maximum atomic E-state index is 13.1. The monoisotopic (exact) mass is 182 g/mol. The molecule has 0 aliphatic heterocycles. The summed E-state index contributed by atoms with van der Waals surface area (Å²) in [4.78, 5) is 0. The molecule has 1 nitrogen and oxygen atoms in total. The zero-order chi connectivity index (χ0) is 9.84. The van der Waals surface area contributed by atoms with Crippen molar-refractivity contribution in [2.45, 2.75) is 32.8 Å². The van der Waals surface area contributed by atoms with Crippen LogP contribution in [0.2, 0.25) is 0 Å². The van der Waals surface area contributed by atoms with Gasteiger partial charge in [0.1, 0.15) is 5.82 Å². The quantitative estimate of drug-likeness (QED) is 0.761. The minimum Gasteiger partial charge on any atom is -0.393 e. The van der Waals surface area contributed by atoms with Crippen LogP contribution in [0.25, 0.3) is 0 Å². The van der Waals surface area contributed by atoms with Gasteiger partial charge in [0, 0.05) is 0 Å². The third kappa shape index (κ3) is 2.81. The lowest BCUT2D eigenvalue weighted by molar-refractivity contribution is 0.170. The highest BCUT2D eigenvalue weighted by Crippen LogP contribution is 2.11. The number of rotatable bonds is 3. The number of hydrogen-bond acceptors (Lipinski definition) is 1. The first-order chi connectivity index (χ1) is 6.13. The molecule has 0 aliphatic carbocycles. The van der Waals surface area contributed by atoms with Gasteiger partial charge in [-0.2, -0.15) is 0 Å². The van der Waals surface area contributed by atoms with Crippen LogP contribution in [0.3, 0.4) is 0 Å². The molecule has 0 fully saturated rings. The molecule has 1 aromatic rings. The van der Waals surface area contributed by atoms with E-state index in [4.69, 9.17) is 0 Å². The van der Waals surface area contributed by atoms with Crippen LogP contribution in [0.15, 0.2) is 18.2 Å². The number of aliphatic hydroxyl groups is 1. The van der Waals surface area contributed by atoms with Gasteiger partial charge in [-0.1, -0.05) is 19.1 Å². The van der Waals surface area contributed by atoms with E-state index in [9.17, 15) is 9.50 Å². The molecule has 1 N–H and O–H groups in total. The predicted molar refractivity (Wildman–Crippen MR) is 51.1 cm³/mol. The van der Waals surface area contributed by atoms with Gasteiger partial charge in [-0.25, -0.2) is 4.39 Å². The van der Waals surface area contributed by atoms with E-state index < -0.39 is 0 Å². The normalized spacial score (nSPS) is 12.9. The van der Waals surface area contributed by atoms with E-state index in [1.54, 1.807) is 13.0 Å². The molecule has 13 heavy (non-hydrogen) atoms. The Kier molecular flexibility index (Phi) is 3.43. The number of aryl methyl sites for hydroxylation is 1. The summed E-state index contributed by atoms with van der Waals surface area (Å²) in [6.45, 7) is 3.64. The Morgan fingerprint density at radius 2 is 2.15 bits per heavy atom.